The Morgan fingerprint density at radius 3 is 2.65 bits per heavy atom. The monoisotopic (exact) mass is 296 g/mol. The first-order valence-corrected chi connectivity index (χ1v) is 7.06. The zero-order chi connectivity index (χ0) is 12.0. The topological polar surface area (TPSA) is 29.5 Å². The van der Waals surface area contributed by atoms with Gasteiger partial charge in [0, 0.05) is 5.56 Å². The van der Waals surface area contributed by atoms with E-state index in [4.69, 9.17) is 4.74 Å². The van der Waals surface area contributed by atoms with Crippen LogP contribution in [0.3, 0.4) is 0 Å². The standard InChI is InChI=1S/C14H17BrO2/c1-17-13-11(15)8-9-4-2-3-5-10(9)12(13)14(16)6-7-14/h8,16H,2-7H2,1H3. The van der Waals surface area contributed by atoms with E-state index in [1.54, 1.807) is 7.11 Å². The van der Waals surface area contributed by atoms with Gasteiger partial charge in [0.25, 0.3) is 0 Å². The first kappa shape index (κ1) is 11.5. The highest BCUT2D eigenvalue weighted by Crippen LogP contribution is 2.53. The first-order valence-electron chi connectivity index (χ1n) is 6.27. The van der Waals surface area contributed by atoms with E-state index in [0.717, 1.165) is 41.5 Å². The van der Waals surface area contributed by atoms with Gasteiger partial charge in [-0.15, -0.1) is 0 Å². The van der Waals surface area contributed by atoms with E-state index in [2.05, 4.69) is 22.0 Å². The maximum atomic E-state index is 10.5. The van der Waals surface area contributed by atoms with Crippen molar-refractivity contribution >= 4 is 15.9 Å². The van der Waals surface area contributed by atoms with Crippen LogP contribution < -0.4 is 4.74 Å². The van der Waals surface area contributed by atoms with E-state index in [0.29, 0.717) is 0 Å². The summed E-state index contributed by atoms with van der Waals surface area (Å²) in [4.78, 5) is 0. The van der Waals surface area contributed by atoms with E-state index in [1.165, 1.54) is 24.0 Å². The lowest BCUT2D eigenvalue weighted by Crippen LogP contribution is -2.16. The maximum Gasteiger partial charge on any atom is 0.139 e. The lowest BCUT2D eigenvalue weighted by molar-refractivity contribution is 0.145. The third kappa shape index (κ3) is 1.80. The molecule has 0 heterocycles. The molecule has 1 saturated carbocycles. The van der Waals surface area contributed by atoms with Gasteiger partial charge in [0.1, 0.15) is 5.75 Å². The second-order valence-electron chi connectivity index (χ2n) is 5.14. The van der Waals surface area contributed by atoms with Crippen molar-refractivity contribution in [3.63, 3.8) is 0 Å². The van der Waals surface area contributed by atoms with Crippen molar-refractivity contribution in [1.82, 2.24) is 0 Å². The van der Waals surface area contributed by atoms with Crippen molar-refractivity contribution in [2.75, 3.05) is 7.11 Å². The Kier molecular flexibility index (Phi) is 2.71. The van der Waals surface area contributed by atoms with E-state index >= 15 is 0 Å². The Morgan fingerprint density at radius 1 is 1.29 bits per heavy atom. The number of benzene rings is 1. The van der Waals surface area contributed by atoms with Crippen LogP contribution in [0.1, 0.15) is 42.4 Å². The molecule has 2 aliphatic rings. The zero-order valence-electron chi connectivity index (χ0n) is 10.1. The summed E-state index contributed by atoms with van der Waals surface area (Å²) in [5.74, 6) is 0.839. The number of rotatable bonds is 2. The predicted molar refractivity (Wildman–Crippen MR) is 70.5 cm³/mol. The molecule has 3 rings (SSSR count). The second-order valence-corrected chi connectivity index (χ2v) is 6.00. The van der Waals surface area contributed by atoms with Crippen LogP contribution in [0.5, 0.6) is 5.75 Å². The van der Waals surface area contributed by atoms with Crippen LogP contribution in [0.2, 0.25) is 0 Å². The summed E-state index contributed by atoms with van der Waals surface area (Å²) in [6.45, 7) is 0. The molecule has 0 atom stereocenters. The molecule has 1 aromatic carbocycles. The van der Waals surface area contributed by atoms with Gasteiger partial charge < -0.3 is 9.84 Å². The van der Waals surface area contributed by atoms with Crippen LogP contribution in [-0.4, -0.2) is 12.2 Å². The fourth-order valence-electron chi connectivity index (χ4n) is 2.91. The lowest BCUT2D eigenvalue weighted by atomic mass is 9.85. The molecule has 2 aliphatic carbocycles. The van der Waals surface area contributed by atoms with Crippen LogP contribution in [-0.2, 0) is 18.4 Å². The summed E-state index contributed by atoms with van der Waals surface area (Å²) in [5, 5.41) is 10.5. The Morgan fingerprint density at radius 2 is 2.00 bits per heavy atom. The predicted octanol–water partition coefficient (Wildman–Crippen LogP) is 3.32. The maximum absolute atomic E-state index is 10.5. The van der Waals surface area contributed by atoms with Crippen molar-refractivity contribution < 1.29 is 9.84 Å². The number of hydrogen-bond donors (Lipinski definition) is 1. The number of hydrogen-bond acceptors (Lipinski definition) is 2. The summed E-state index contributed by atoms with van der Waals surface area (Å²) in [7, 11) is 1.69. The number of halogens is 1. The minimum Gasteiger partial charge on any atom is -0.495 e. The molecule has 0 aliphatic heterocycles. The molecule has 17 heavy (non-hydrogen) atoms. The fraction of sp³-hybridized carbons (Fsp3) is 0.571. The molecule has 0 aromatic heterocycles. The molecule has 1 aromatic rings. The highest BCUT2D eigenvalue weighted by molar-refractivity contribution is 9.10. The summed E-state index contributed by atoms with van der Waals surface area (Å²) in [6, 6.07) is 2.17. The zero-order valence-corrected chi connectivity index (χ0v) is 11.6. The average molecular weight is 297 g/mol. The molecule has 0 spiro atoms. The van der Waals surface area contributed by atoms with Gasteiger partial charge in [0.05, 0.1) is 17.2 Å². The normalized spacial score (nSPS) is 20.9. The number of ether oxygens (including phenoxy) is 1. The van der Waals surface area contributed by atoms with Crippen molar-refractivity contribution in [2.45, 2.75) is 44.1 Å². The third-order valence-corrected chi connectivity index (χ3v) is 4.54. The van der Waals surface area contributed by atoms with Gasteiger partial charge in [-0.25, -0.2) is 0 Å². The second kappa shape index (κ2) is 3.99. The minimum atomic E-state index is -0.615. The lowest BCUT2D eigenvalue weighted by Gasteiger charge is -2.25. The molecule has 0 saturated heterocycles. The first-order chi connectivity index (χ1) is 8.15. The SMILES string of the molecule is COc1c(Br)cc2c(c1C1(O)CC1)CCCC2. The van der Waals surface area contributed by atoms with Crippen molar-refractivity contribution in [3.05, 3.63) is 27.2 Å². The fourth-order valence-corrected chi connectivity index (χ4v) is 3.55. The van der Waals surface area contributed by atoms with E-state index < -0.39 is 5.60 Å². The van der Waals surface area contributed by atoms with Crippen LogP contribution in [0.4, 0.5) is 0 Å². The van der Waals surface area contributed by atoms with Crippen LogP contribution in [0.25, 0.3) is 0 Å². The van der Waals surface area contributed by atoms with E-state index in [-0.39, 0.29) is 0 Å². The van der Waals surface area contributed by atoms with Gasteiger partial charge in [-0.05, 0) is 71.6 Å². The highest BCUT2D eigenvalue weighted by atomic mass is 79.9. The molecule has 1 N–H and O–H groups in total. The van der Waals surface area contributed by atoms with Gasteiger partial charge in [-0.2, -0.15) is 0 Å². The largest absolute Gasteiger partial charge is 0.495 e. The number of methoxy groups -OCH3 is 1. The van der Waals surface area contributed by atoms with Gasteiger partial charge in [0.2, 0.25) is 0 Å². The quantitative estimate of drug-likeness (QED) is 0.907. The molecular weight excluding hydrogens is 280 g/mol. The van der Waals surface area contributed by atoms with Gasteiger partial charge in [-0.1, -0.05) is 0 Å². The van der Waals surface area contributed by atoms with Crippen molar-refractivity contribution in [3.8, 4) is 5.75 Å². The molecule has 0 bridgehead atoms. The van der Waals surface area contributed by atoms with Crippen molar-refractivity contribution in [1.29, 1.82) is 0 Å². The summed E-state index contributed by atoms with van der Waals surface area (Å²) in [5.41, 5.74) is 3.18. The van der Waals surface area contributed by atoms with Gasteiger partial charge in [0.15, 0.2) is 0 Å². The van der Waals surface area contributed by atoms with E-state index in [9.17, 15) is 5.11 Å². The molecule has 92 valence electrons. The third-order valence-electron chi connectivity index (χ3n) is 3.95. The van der Waals surface area contributed by atoms with Crippen molar-refractivity contribution in [2.24, 2.45) is 0 Å². The van der Waals surface area contributed by atoms with Gasteiger partial charge >= 0.3 is 0 Å². The molecule has 0 unspecified atom stereocenters. The number of fused-ring (bicyclic) bond motifs is 1. The van der Waals surface area contributed by atoms with E-state index in [1.807, 2.05) is 0 Å². The van der Waals surface area contributed by atoms with Crippen LogP contribution >= 0.6 is 15.9 Å². The molecule has 0 amide bonds. The molecule has 3 heteroatoms. The Bertz CT molecular complexity index is 464. The average Bonchev–Trinajstić information content (AvgIpc) is 3.06. The highest BCUT2D eigenvalue weighted by Gasteiger charge is 2.46. The molecular formula is C14H17BrO2. The summed E-state index contributed by atoms with van der Waals surface area (Å²) < 4.78 is 6.48. The Balaban J connectivity index is 2.23. The van der Waals surface area contributed by atoms with Gasteiger partial charge in [-0.3, -0.25) is 0 Å². The summed E-state index contributed by atoms with van der Waals surface area (Å²) in [6.07, 6.45) is 6.42. The summed E-state index contributed by atoms with van der Waals surface area (Å²) >= 11 is 3.57. The molecule has 0 radical (unpaired) electrons. The molecule has 1 fully saturated rings. The Labute approximate surface area is 110 Å². The smallest absolute Gasteiger partial charge is 0.139 e. The van der Waals surface area contributed by atoms with Crippen LogP contribution in [0, 0.1) is 0 Å². The number of aliphatic hydroxyl groups is 1. The minimum absolute atomic E-state index is 0.615. The molecule has 2 nitrogen and oxygen atoms in total. The Hall–Kier alpha value is -0.540. The van der Waals surface area contributed by atoms with Crippen LogP contribution in [0.15, 0.2) is 10.5 Å². The number of aryl methyl sites for hydroxylation is 1.